The number of nitrogens with zero attached hydrogens (tertiary/aromatic N) is 1. The molecule has 4 nitrogen and oxygen atoms in total. The Labute approximate surface area is 119 Å². The topological polar surface area (TPSA) is 57.6 Å². The number of hydrogen-bond donors (Lipinski definition) is 1. The predicted molar refractivity (Wildman–Crippen MR) is 76.4 cm³/mol. The first-order valence-corrected chi connectivity index (χ1v) is 7.00. The van der Waals surface area contributed by atoms with Crippen LogP contribution in [0.4, 0.5) is 0 Å². The standard InChI is InChI=1S/C16H21NO3/c1-16(2,13-8-4-3-5-9-13)15(20)17-10-6-7-12(11-17)14(18)19/h3-5,8-9,12H,6-7,10-11H2,1-2H3,(H,18,19). The number of carbonyl (C=O) groups excluding carboxylic acids is 1. The summed E-state index contributed by atoms with van der Waals surface area (Å²) in [4.78, 5) is 25.5. The van der Waals surface area contributed by atoms with Crippen LogP contribution in [0, 0.1) is 5.92 Å². The van der Waals surface area contributed by atoms with E-state index in [1.54, 1.807) is 4.90 Å². The number of carboxylic acids is 1. The van der Waals surface area contributed by atoms with Gasteiger partial charge in [0.25, 0.3) is 0 Å². The highest BCUT2D eigenvalue weighted by Crippen LogP contribution is 2.28. The highest BCUT2D eigenvalue weighted by molar-refractivity contribution is 5.88. The minimum Gasteiger partial charge on any atom is -0.481 e. The molecule has 1 fully saturated rings. The monoisotopic (exact) mass is 275 g/mol. The Morgan fingerprint density at radius 2 is 1.90 bits per heavy atom. The number of piperidine rings is 1. The van der Waals surface area contributed by atoms with Gasteiger partial charge in [-0.2, -0.15) is 0 Å². The summed E-state index contributed by atoms with van der Waals surface area (Å²) < 4.78 is 0. The van der Waals surface area contributed by atoms with Crippen molar-refractivity contribution in [3.63, 3.8) is 0 Å². The van der Waals surface area contributed by atoms with E-state index in [0.29, 0.717) is 19.5 Å². The van der Waals surface area contributed by atoms with Crippen molar-refractivity contribution in [2.75, 3.05) is 13.1 Å². The Bertz CT molecular complexity index is 496. The first-order chi connectivity index (χ1) is 9.43. The maximum absolute atomic E-state index is 12.7. The van der Waals surface area contributed by atoms with Crippen LogP contribution in [0.25, 0.3) is 0 Å². The van der Waals surface area contributed by atoms with Crippen LogP contribution < -0.4 is 0 Å². The zero-order valence-electron chi connectivity index (χ0n) is 12.0. The number of likely N-dealkylation sites (tertiary alicyclic amines) is 1. The maximum Gasteiger partial charge on any atom is 0.308 e. The molecule has 0 radical (unpaired) electrons. The lowest BCUT2D eigenvalue weighted by molar-refractivity contribution is -0.147. The molecule has 1 unspecified atom stereocenters. The number of amides is 1. The molecule has 4 heteroatoms. The van der Waals surface area contributed by atoms with Gasteiger partial charge < -0.3 is 10.0 Å². The molecule has 1 atom stereocenters. The van der Waals surface area contributed by atoms with Crippen molar-refractivity contribution >= 4 is 11.9 Å². The predicted octanol–water partition coefficient (Wildman–Crippen LogP) is 2.29. The Kier molecular flexibility index (Phi) is 4.12. The van der Waals surface area contributed by atoms with Gasteiger partial charge in [0.05, 0.1) is 11.3 Å². The summed E-state index contributed by atoms with van der Waals surface area (Å²) in [6.45, 7) is 4.77. The summed E-state index contributed by atoms with van der Waals surface area (Å²) >= 11 is 0. The fraction of sp³-hybridized carbons (Fsp3) is 0.500. The van der Waals surface area contributed by atoms with Crippen molar-refractivity contribution in [2.45, 2.75) is 32.1 Å². The molecule has 1 N–H and O–H groups in total. The van der Waals surface area contributed by atoms with Gasteiger partial charge in [0.1, 0.15) is 0 Å². The van der Waals surface area contributed by atoms with Gasteiger partial charge in [-0.1, -0.05) is 30.3 Å². The van der Waals surface area contributed by atoms with Crippen LogP contribution >= 0.6 is 0 Å². The van der Waals surface area contributed by atoms with E-state index in [-0.39, 0.29) is 5.91 Å². The lowest BCUT2D eigenvalue weighted by Gasteiger charge is -2.36. The van der Waals surface area contributed by atoms with E-state index >= 15 is 0 Å². The first-order valence-electron chi connectivity index (χ1n) is 7.00. The first kappa shape index (κ1) is 14.6. The second-order valence-electron chi connectivity index (χ2n) is 5.92. The molecule has 108 valence electrons. The zero-order valence-corrected chi connectivity index (χ0v) is 12.0. The summed E-state index contributed by atoms with van der Waals surface area (Å²) in [5.41, 5.74) is 0.337. The summed E-state index contributed by atoms with van der Waals surface area (Å²) in [6, 6.07) is 9.64. The van der Waals surface area contributed by atoms with E-state index < -0.39 is 17.3 Å². The second-order valence-corrected chi connectivity index (χ2v) is 5.92. The average Bonchev–Trinajstić information content (AvgIpc) is 2.47. The van der Waals surface area contributed by atoms with Crippen LogP contribution in [-0.2, 0) is 15.0 Å². The van der Waals surface area contributed by atoms with Gasteiger partial charge in [-0.3, -0.25) is 9.59 Å². The van der Waals surface area contributed by atoms with Crippen molar-refractivity contribution < 1.29 is 14.7 Å². The minimum absolute atomic E-state index is 0.00894. The van der Waals surface area contributed by atoms with Gasteiger partial charge >= 0.3 is 5.97 Å². The van der Waals surface area contributed by atoms with Gasteiger partial charge in [0, 0.05) is 13.1 Å². The highest BCUT2D eigenvalue weighted by atomic mass is 16.4. The molecule has 20 heavy (non-hydrogen) atoms. The number of hydrogen-bond acceptors (Lipinski definition) is 2. The molecule has 0 aromatic heterocycles. The molecule has 1 aliphatic heterocycles. The third-order valence-corrected chi connectivity index (χ3v) is 4.09. The van der Waals surface area contributed by atoms with Crippen LogP contribution in [0.1, 0.15) is 32.3 Å². The number of rotatable bonds is 3. The molecule has 1 heterocycles. The minimum atomic E-state index is -0.806. The molecule has 0 spiro atoms. The van der Waals surface area contributed by atoms with Crippen molar-refractivity contribution in [3.05, 3.63) is 35.9 Å². The Morgan fingerprint density at radius 1 is 1.25 bits per heavy atom. The largest absolute Gasteiger partial charge is 0.481 e. The van der Waals surface area contributed by atoms with Crippen molar-refractivity contribution in [1.82, 2.24) is 4.90 Å². The normalized spacial score (nSPS) is 19.7. The molecule has 1 saturated heterocycles. The maximum atomic E-state index is 12.7. The smallest absolute Gasteiger partial charge is 0.308 e. The van der Waals surface area contributed by atoms with Crippen molar-refractivity contribution in [1.29, 1.82) is 0 Å². The van der Waals surface area contributed by atoms with Gasteiger partial charge in [-0.05, 0) is 32.3 Å². The Morgan fingerprint density at radius 3 is 2.50 bits per heavy atom. The average molecular weight is 275 g/mol. The van der Waals surface area contributed by atoms with Gasteiger partial charge in [-0.25, -0.2) is 0 Å². The third-order valence-electron chi connectivity index (χ3n) is 4.09. The molecule has 0 saturated carbocycles. The molecule has 0 aliphatic carbocycles. The third kappa shape index (κ3) is 2.84. The zero-order chi connectivity index (χ0) is 14.8. The van der Waals surface area contributed by atoms with E-state index in [1.165, 1.54) is 0 Å². The molecule has 1 aromatic carbocycles. The molecule has 1 aromatic rings. The fourth-order valence-corrected chi connectivity index (χ4v) is 2.74. The summed E-state index contributed by atoms with van der Waals surface area (Å²) in [5.74, 6) is -1.23. The summed E-state index contributed by atoms with van der Waals surface area (Å²) in [5, 5.41) is 9.12. The molecular formula is C16H21NO3. The van der Waals surface area contributed by atoms with Gasteiger partial charge in [0.15, 0.2) is 0 Å². The summed E-state index contributed by atoms with van der Waals surface area (Å²) in [7, 11) is 0. The number of carboxylic acid groups (broad SMARTS) is 1. The van der Waals surface area contributed by atoms with Crippen LogP contribution in [0.2, 0.25) is 0 Å². The summed E-state index contributed by atoms with van der Waals surface area (Å²) in [6.07, 6.45) is 1.42. The van der Waals surface area contributed by atoms with Gasteiger partial charge in [0.2, 0.25) is 5.91 Å². The van der Waals surface area contributed by atoms with E-state index in [9.17, 15) is 9.59 Å². The van der Waals surface area contributed by atoms with Crippen LogP contribution in [0.5, 0.6) is 0 Å². The molecular weight excluding hydrogens is 254 g/mol. The SMILES string of the molecule is CC(C)(C(=O)N1CCCC(C(=O)O)C1)c1ccccc1. The van der Waals surface area contributed by atoms with E-state index in [0.717, 1.165) is 12.0 Å². The van der Waals surface area contributed by atoms with E-state index in [4.69, 9.17) is 5.11 Å². The van der Waals surface area contributed by atoms with E-state index in [2.05, 4.69) is 0 Å². The quantitative estimate of drug-likeness (QED) is 0.920. The van der Waals surface area contributed by atoms with E-state index in [1.807, 2.05) is 44.2 Å². The van der Waals surface area contributed by atoms with Crippen LogP contribution in [0.15, 0.2) is 30.3 Å². The van der Waals surface area contributed by atoms with Crippen LogP contribution in [-0.4, -0.2) is 35.0 Å². The van der Waals surface area contributed by atoms with Crippen LogP contribution in [0.3, 0.4) is 0 Å². The Hall–Kier alpha value is -1.84. The number of benzene rings is 1. The molecule has 0 bridgehead atoms. The van der Waals surface area contributed by atoms with Crippen molar-refractivity contribution in [3.8, 4) is 0 Å². The lowest BCUT2D eigenvalue weighted by Crippen LogP contribution is -2.49. The lowest BCUT2D eigenvalue weighted by atomic mass is 9.82. The van der Waals surface area contributed by atoms with Gasteiger partial charge in [-0.15, -0.1) is 0 Å². The Balaban J connectivity index is 2.16. The highest BCUT2D eigenvalue weighted by Gasteiger charge is 2.37. The molecule has 1 amide bonds. The second kappa shape index (κ2) is 5.65. The molecule has 2 rings (SSSR count). The number of carbonyl (C=O) groups is 2. The van der Waals surface area contributed by atoms with Crippen molar-refractivity contribution in [2.24, 2.45) is 5.92 Å². The number of aliphatic carboxylic acids is 1. The fourth-order valence-electron chi connectivity index (χ4n) is 2.74. The molecule has 1 aliphatic rings.